The minimum absolute atomic E-state index is 0.0947. The standard InChI is InChI=1S/C18H17N5O2S2/c24-15(20-17(25)19-12-5-2-1-3-6-12)11-27-18-22-21-16(14-7-4-10-26-14)23(18)13-8-9-13/h1-7,10,13H,8-9,11H2,(H2,19,20,24,25). The van der Waals surface area contributed by atoms with Crippen molar-refractivity contribution in [2.75, 3.05) is 11.1 Å². The highest BCUT2D eigenvalue weighted by Gasteiger charge is 2.30. The van der Waals surface area contributed by atoms with Gasteiger partial charge in [-0.05, 0) is 36.4 Å². The monoisotopic (exact) mass is 399 g/mol. The quantitative estimate of drug-likeness (QED) is 0.616. The van der Waals surface area contributed by atoms with E-state index in [-0.39, 0.29) is 11.7 Å². The lowest BCUT2D eigenvalue weighted by molar-refractivity contribution is -0.117. The van der Waals surface area contributed by atoms with Crippen LogP contribution in [0.15, 0.2) is 53.0 Å². The molecule has 27 heavy (non-hydrogen) atoms. The van der Waals surface area contributed by atoms with Gasteiger partial charge in [0.15, 0.2) is 11.0 Å². The molecule has 4 rings (SSSR count). The first-order chi connectivity index (χ1) is 13.2. The van der Waals surface area contributed by atoms with E-state index in [0.717, 1.165) is 23.5 Å². The van der Waals surface area contributed by atoms with Crippen LogP contribution < -0.4 is 10.6 Å². The maximum Gasteiger partial charge on any atom is 0.325 e. The summed E-state index contributed by atoms with van der Waals surface area (Å²) >= 11 is 2.91. The van der Waals surface area contributed by atoms with E-state index >= 15 is 0 Å². The summed E-state index contributed by atoms with van der Waals surface area (Å²) in [7, 11) is 0. The van der Waals surface area contributed by atoms with Gasteiger partial charge < -0.3 is 5.32 Å². The highest BCUT2D eigenvalue weighted by Crippen LogP contribution is 2.41. The van der Waals surface area contributed by atoms with Crippen LogP contribution in [0.4, 0.5) is 10.5 Å². The Labute approximate surface area is 164 Å². The first kappa shape index (κ1) is 17.7. The summed E-state index contributed by atoms with van der Waals surface area (Å²) in [6, 6.07) is 12.8. The summed E-state index contributed by atoms with van der Waals surface area (Å²) in [6.45, 7) is 0. The zero-order valence-corrected chi connectivity index (χ0v) is 15.9. The Kier molecular flexibility index (Phi) is 5.21. The van der Waals surface area contributed by atoms with Crippen LogP contribution >= 0.6 is 23.1 Å². The van der Waals surface area contributed by atoms with Crippen molar-refractivity contribution < 1.29 is 9.59 Å². The van der Waals surface area contributed by atoms with Crippen LogP contribution in [-0.4, -0.2) is 32.5 Å². The van der Waals surface area contributed by atoms with E-state index in [9.17, 15) is 9.59 Å². The van der Waals surface area contributed by atoms with Crippen molar-refractivity contribution in [1.29, 1.82) is 0 Å². The molecule has 1 aromatic carbocycles. The number of urea groups is 1. The van der Waals surface area contributed by atoms with Crippen molar-refractivity contribution in [3.8, 4) is 10.7 Å². The van der Waals surface area contributed by atoms with Gasteiger partial charge in [0.2, 0.25) is 5.91 Å². The number of benzene rings is 1. The molecular formula is C18H17N5O2S2. The van der Waals surface area contributed by atoms with E-state index in [1.54, 1.807) is 23.5 Å². The van der Waals surface area contributed by atoms with E-state index in [0.29, 0.717) is 16.9 Å². The van der Waals surface area contributed by atoms with Gasteiger partial charge in [0.1, 0.15) is 0 Å². The van der Waals surface area contributed by atoms with Crippen molar-refractivity contribution in [3.05, 3.63) is 47.8 Å². The molecule has 0 bridgehead atoms. The number of nitrogens with one attached hydrogen (secondary N) is 2. The van der Waals surface area contributed by atoms with Gasteiger partial charge >= 0.3 is 6.03 Å². The lowest BCUT2D eigenvalue weighted by Crippen LogP contribution is -2.35. The summed E-state index contributed by atoms with van der Waals surface area (Å²) in [4.78, 5) is 25.1. The molecule has 138 valence electrons. The third kappa shape index (κ3) is 4.37. The molecule has 0 saturated heterocycles. The Balaban J connectivity index is 1.36. The molecule has 7 nitrogen and oxygen atoms in total. The number of hydrogen-bond acceptors (Lipinski definition) is 6. The Morgan fingerprint density at radius 3 is 2.67 bits per heavy atom. The van der Waals surface area contributed by atoms with E-state index in [2.05, 4.69) is 25.4 Å². The van der Waals surface area contributed by atoms with Crippen LogP contribution in [0.2, 0.25) is 0 Å². The number of para-hydroxylation sites is 1. The molecule has 1 aliphatic rings. The maximum absolute atomic E-state index is 12.1. The number of amides is 3. The van der Waals surface area contributed by atoms with Crippen molar-refractivity contribution in [3.63, 3.8) is 0 Å². The SMILES string of the molecule is O=C(CSc1nnc(-c2cccs2)n1C1CC1)NC(=O)Nc1ccccc1. The number of carbonyl (C=O) groups excluding carboxylic acids is 2. The molecule has 0 unspecified atom stereocenters. The zero-order valence-electron chi connectivity index (χ0n) is 14.3. The van der Waals surface area contributed by atoms with Crippen molar-refractivity contribution >= 4 is 40.7 Å². The second kappa shape index (κ2) is 7.93. The number of aromatic nitrogens is 3. The zero-order chi connectivity index (χ0) is 18.6. The van der Waals surface area contributed by atoms with Crippen LogP contribution in [0.25, 0.3) is 10.7 Å². The van der Waals surface area contributed by atoms with Gasteiger partial charge in [0, 0.05) is 11.7 Å². The first-order valence-corrected chi connectivity index (χ1v) is 10.3. The predicted octanol–water partition coefficient (Wildman–Crippen LogP) is 3.78. The van der Waals surface area contributed by atoms with E-state index in [1.807, 2.05) is 35.7 Å². The van der Waals surface area contributed by atoms with Crippen LogP contribution in [-0.2, 0) is 4.79 Å². The number of thioether (sulfide) groups is 1. The second-order valence-electron chi connectivity index (χ2n) is 6.04. The minimum atomic E-state index is -0.547. The van der Waals surface area contributed by atoms with E-state index in [4.69, 9.17) is 0 Å². The molecule has 0 spiro atoms. The lowest BCUT2D eigenvalue weighted by Gasteiger charge is -2.08. The van der Waals surface area contributed by atoms with Gasteiger partial charge in [-0.2, -0.15) is 0 Å². The number of nitrogens with zero attached hydrogens (tertiary/aromatic N) is 3. The number of carbonyl (C=O) groups is 2. The minimum Gasteiger partial charge on any atom is -0.308 e. The van der Waals surface area contributed by atoms with Crippen molar-refractivity contribution in [1.82, 2.24) is 20.1 Å². The summed E-state index contributed by atoms with van der Waals surface area (Å²) in [5, 5.41) is 16.2. The molecule has 2 heterocycles. The van der Waals surface area contributed by atoms with Crippen molar-refractivity contribution in [2.24, 2.45) is 0 Å². The summed E-state index contributed by atoms with van der Waals surface area (Å²) in [6.07, 6.45) is 2.19. The lowest BCUT2D eigenvalue weighted by atomic mass is 10.3. The van der Waals surface area contributed by atoms with Gasteiger partial charge in [-0.3, -0.25) is 14.7 Å². The molecular weight excluding hydrogens is 382 g/mol. The highest BCUT2D eigenvalue weighted by atomic mass is 32.2. The largest absolute Gasteiger partial charge is 0.325 e. The first-order valence-electron chi connectivity index (χ1n) is 8.48. The third-order valence-corrected chi connectivity index (χ3v) is 5.74. The smallest absolute Gasteiger partial charge is 0.308 e. The molecule has 9 heteroatoms. The predicted molar refractivity (Wildman–Crippen MR) is 106 cm³/mol. The molecule has 1 saturated carbocycles. The molecule has 1 fully saturated rings. The Bertz CT molecular complexity index is 936. The van der Waals surface area contributed by atoms with Crippen LogP contribution in [0.3, 0.4) is 0 Å². The average Bonchev–Trinajstić information content (AvgIpc) is 3.18. The molecule has 3 aromatic rings. The number of rotatable bonds is 6. The second-order valence-corrected chi connectivity index (χ2v) is 7.93. The van der Waals surface area contributed by atoms with Gasteiger partial charge in [-0.25, -0.2) is 4.79 Å². The number of thiophene rings is 1. The number of hydrogen-bond donors (Lipinski definition) is 2. The van der Waals surface area contributed by atoms with Crippen LogP contribution in [0.5, 0.6) is 0 Å². The van der Waals surface area contributed by atoms with E-state index in [1.165, 1.54) is 11.8 Å². The van der Waals surface area contributed by atoms with E-state index < -0.39 is 6.03 Å². The Morgan fingerprint density at radius 1 is 1.15 bits per heavy atom. The molecule has 3 amide bonds. The van der Waals surface area contributed by atoms with Crippen molar-refractivity contribution in [2.45, 2.75) is 24.0 Å². The molecule has 1 aliphatic carbocycles. The Hall–Kier alpha value is -2.65. The van der Waals surface area contributed by atoms with Gasteiger partial charge in [0.25, 0.3) is 0 Å². The fraction of sp³-hybridized carbons (Fsp3) is 0.222. The molecule has 0 atom stereocenters. The third-order valence-electron chi connectivity index (χ3n) is 3.94. The summed E-state index contributed by atoms with van der Waals surface area (Å²) in [5.41, 5.74) is 0.629. The van der Waals surface area contributed by atoms with Gasteiger partial charge in [0.05, 0.1) is 10.6 Å². The molecule has 0 radical (unpaired) electrons. The number of imide groups is 1. The fourth-order valence-corrected chi connectivity index (χ4v) is 4.10. The number of anilines is 1. The molecule has 2 N–H and O–H groups in total. The maximum atomic E-state index is 12.1. The molecule has 2 aromatic heterocycles. The summed E-state index contributed by atoms with van der Waals surface area (Å²) in [5.74, 6) is 0.561. The van der Waals surface area contributed by atoms with Crippen LogP contribution in [0.1, 0.15) is 18.9 Å². The highest BCUT2D eigenvalue weighted by molar-refractivity contribution is 7.99. The van der Waals surface area contributed by atoms with Crippen LogP contribution in [0, 0.1) is 0 Å². The summed E-state index contributed by atoms with van der Waals surface area (Å²) < 4.78 is 2.10. The Morgan fingerprint density at radius 2 is 1.96 bits per heavy atom. The van der Waals surface area contributed by atoms with Gasteiger partial charge in [-0.15, -0.1) is 21.5 Å². The topological polar surface area (TPSA) is 88.9 Å². The normalized spacial score (nSPS) is 13.3. The fourth-order valence-electron chi connectivity index (χ4n) is 2.59. The average molecular weight is 400 g/mol. The van der Waals surface area contributed by atoms with Gasteiger partial charge in [-0.1, -0.05) is 36.0 Å². The molecule has 0 aliphatic heterocycles.